The molecule has 1 saturated heterocycles. The number of β-amino-alcohol motifs (C(OH)–C–C–N with tert-alkyl or cyclic N) is 1. The zero-order valence-corrected chi connectivity index (χ0v) is 16.5. The lowest BCUT2D eigenvalue weighted by atomic mass is 9.94. The average Bonchev–Trinajstić information content (AvgIpc) is 2.98. The van der Waals surface area contributed by atoms with Crippen LogP contribution in [0.3, 0.4) is 0 Å². The molecule has 0 unspecified atom stereocenters. The maximum Gasteiger partial charge on any atom is 0.295 e. The minimum atomic E-state index is -0.858. The molecule has 7 heteroatoms. The molecule has 1 atom stereocenters. The number of methoxy groups -OCH3 is 2. The van der Waals surface area contributed by atoms with Crippen molar-refractivity contribution in [3.63, 3.8) is 0 Å². The van der Waals surface area contributed by atoms with Crippen molar-refractivity contribution in [1.29, 1.82) is 0 Å². The molecule has 1 heterocycles. The van der Waals surface area contributed by atoms with Gasteiger partial charge in [0.05, 0.1) is 32.4 Å². The Hall–Kier alpha value is -3.32. The topological polar surface area (TPSA) is 96.3 Å². The second kappa shape index (κ2) is 8.36. The first-order valence-corrected chi connectivity index (χ1v) is 9.11. The lowest BCUT2D eigenvalue weighted by Crippen LogP contribution is -2.32. The Kier molecular flexibility index (Phi) is 5.89. The zero-order valence-electron chi connectivity index (χ0n) is 16.5. The fourth-order valence-electron chi connectivity index (χ4n) is 3.45. The van der Waals surface area contributed by atoms with Crippen LogP contribution in [0, 0.1) is 6.92 Å². The molecular weight excluding hydrogens is 374 g/mol. The van der Waals surface area contributed by atoms with Gasteiger partial charge in [-0.3, -0.25) is 9.59 Å². The van der Waals surface area contributed by atoms with Gasteiger partial charge in [0.2, 0.25) is 0 Å². The summed E-state index contributed by atoms with van der Waals surface area (Å²) < 4.78 is 10.6. The molecule has 2 N–H and O–H groups in total. The molecule has 1 fully saturated rings. The summed E-state index contributed by atoms with van der Waals surface area (Å²) in [5, 5.41) is 20.3. The Morgan fingerprint density at radius 3 is 2.28 bits per heavy atom. The van der Waals surface area contributed by atoms with Crippen LogP contribution in [-0.4, -0.2) is 54.2 Å². The summed E-state index contributed by atoms with van der Waals surface area (Å²) in [4.78, 5) is 26.7. The number of rotatable bonds is 6. The first-order valence-electron chi connectivity index (χ1n) is 9.11. The number of ketones is 1. The average molecular weight is 397 g/mol. The second-order valence-corrected chi connectivity index (χ2v) is 6.70. The molecule has 1 aliphatic heterocycles. The Morgan fingerprint density at radius 2 is 1.69 bits per heavy atom. The third kappa shape index (κ3) is 3.69. The van der Waals surface area contributed by atoms with Gasteiger partial charge in [0.15, 0.2) is 11.5 Å². The van der Waals surface area contributed by atoms with Crippen molar-refractivity contribution in [2.24, 2.45) is 0 Å². The molecule has 0 aliphatic carbocycles. The number of hydrogen-bond acceptors (Lipinski definition) is 6. The Morgan fingerprint density at radius 1 is 1.03 bits per heavy atom. The number of aliphatic hydroxyl groups is 2. The van der Waals surface area contributed by atoms with Crippen LogP contribution in [-0.2, 0) is 9.59 Å². The molecular formula is C22H23NO6. The number of amides is 1. The van der Waals surface area contributed by atoms with Gasteiger partial charge in [-0.15, -0.1) is 0 Å². The van der Waals surface area contributed by atoms with Crippen LogP contribution < -0.4 is 9.47 Å². The number of carbonyl (C=O) groups excluding carboxylic acids is 2. The molecule has 152 valence electrons. The highest BCUT2D eigenvalue weighted by atomic mass is 16.5. The number of Topliss-reactive ketones (excluding diaryl/α,β-unsaturated/α-hetero) is 1. The molecule has 29 heavy (non-hydrogen) atoms. The first-order chi connectivity index (χ1) is 13.9. The number of benzene rings is 2. The smallest absolute Gasteiger partial charge is 0.295 e. The van der Waals surface area contributed by atoms with Crippen molar-refractivity contribution in [1.82, 2.24) is 4.90 Å². The van der Waals surface area contributed by atoms with E-state index in [0.29, 0.717) is 22.6 Å². The van der Waals surface area contributed by atoms with Crippen LogP contribution in [0.2, 0.25) is 0 Å². The standard InChI is InChI=1S/C22H23NO6/c1-13-4-6-14(7-5-13)20(25)18-19(23(10-11-24)22(27)21(18)26)15-8-9-16(28-2)17(12-15)29-3/h4-9,12,19,24-25H,10-11H2,1-3H3/b20-18+/t19-/m0/s1. The predicted octanol–water partition coefficient (Wildman–Crippen LogP) is 2.43. The van der Waals surface area contributed by atoms with E-state index in [-0.39, 0.29) is 24.5 Å². The molecule has 7 nitrogen and oxygen atoms in total. The number of carbonyl (C=O) groups is 2. The minimum absolute atomic E-state index is 0.0282. The van der Waals surface area contributed by atoms with Crippen LogP contribution in [0.15, 0.2) is 48.0 Å². The van der Waals surface area contributed by atoms with Crippen LogP contribution in [0.4, 0.5) is 0 Å². The van der Waals surface area contributed by atoms with Crippen LogP contribution >= 0.6 is 0 Å². The summed E-state index contributed by atoms with van der Waals surface area (Å²) in [7, 11) is 2.99. The van der Waals surface area contributed by atoms with Crippen molar-refractivity contribution >= 4 is 17.4 Å². The van der Waals surface area contributed by atoms with E-state index in [0.717, 1.165) is 5.56 Å². The number of likely N-dealkylation sites (tertiary alicyclic amines) is 1. The maximum absolute atomic E-state index is 12.8. The fraction of sp³-hybridized carbons (Fsp3) is 0.273. The molecule has 0 spiro atoms. The summed E-state index contributed by atoms with van der Waals surface area (Å²) in [6, 6.07) is 11.2. The summed E-state index contributed by atoms with van der Waals surface area (Å²) in [6.07, 6.45) is 0. The lowest BCUT2D eigenvalue weighted by Gasteiger charge is -2.25. The zero-order chi connectivity index (χ0) is 21.1. The third-order valence-corrected chi connectivity index (χ3v) is 4.93. The van der Waals surface area contributed by atoms with Crippen molar-refractivity contribution in [3.8, 4) is 11.5 Å². The van der Waals surface area contributed by atoms with Gasteiger partial charge >= 0.3 is 0 Å². The Labute approximate surface area is 168 Å². The molecule has 0 saturated carbocycles. The van der Waals surface area contributed by atoms with E-state index in [2.05, 4.69) is 0 Å². The van der Waals surface area contributed by atoms with Crippen molar-refractivity contribution < 1.29 is 29.3 Å². The van der Waals surface area contributed by atoms with Crippen LogP contribution in [0.1, 0.15) is 22.7 Å². The van der Waals surface area contributed by atoms with Gasteiger partial charge < -0.3 is 24.6 Å². The van der Waals surface area contributed by atoms with E-state index in [4.69, 9.17) is 9.47 Å². The van der Waals surface area contributed by atoms with E-state index < -0.39 is 17.7 Å². The predicted molar refractivity (Wildman–Crippen MR) is 107 cm³/mol. The van der Waals surface area contributed by atoms with Gasteiger partial charge in [-0.25, -0.2) is 0 Å². The fourth-order valence-corrected chi connectivity index (χ4v) is 3.45. The Bertz CT molecular complexity index is 964. The van der Waals surface area contributed by atoms with Gasteiger partial charge in [-0.2, -0.15) is 0 Å². The van der Waals surface area contributed by atoms with E-state index in [1.165, 1.54) is 19.1 Å². The van der Waals surface area contributed by atoms with Gasteiger partial charge in [-0.1, -0.05) is 35.9 Å². The Balaban J connectivity index is 2.20. The number of nitrogens with zero attached hydrogens (tertiary/aromatic N) is 1. The third-order valence-electron chi connectivity index (χ3n) is 4.93. The minimum Gasteiger partial charge on any atom is -0.507 e. The highest BCUT2D eigenvalue weighted by Crippen LogP contribution is 2.41. The molecule has 3 rings (SSSR count). The summed E-state index contributed by atoms with van der Waals surface area (Å²) in [5.41, 5.74) is 1.96. The monoisotopic (exact) mass is 397 g/mol. The van der Waals surface area contributed by atoms with Crippen molar-refractivity contribution in [2.75, 3.05) is 27.4 Å². The maximum atomic E-state index is 12.8. The van der Waals surface area contributed by atoms with Gasteiger partial charge in [0.25, 0.3) is 11.7 Å². The highest BCUT2D eigenvalue weighted by molar-refractivity contribution is 6.46. The lowest BCUT2D eigenvalue weighted by molar-refractivity contribution is -0.140. The molecule has 2 aromatic rings. The molecule has 1 aliphatic rings. The van der Waals surface area contributed by atoms with Crippen molar-refractivity contribution in [2.45, 2.75) is 13.0 Å². The van der Waals surface area contributed by atoms with Gasteiger partial charge in [-0.05, 0) is 24.6 Å². The molecule has 0 aromatic heterocycles. The molecule has 2 aromatic carbocycles. The van der Waals surface area contributed by atoms with Crippen molar-refractivity contribution in [3.05, 3.63) is 64.7 Å². The second-order valence-electron chi connectivity index (χ2n) is 6.70. The van der Waals surface area contributed by atoms with E-state index >= 15 is 0 Å². The SMILES string of the molecule is COc1ccc([C@H]2/C(=C(\O)c3ccc(C)cc3)C(=O)C(=O)N2CCO)cc1OC. The first kappa shape index (κ1) is 20.4. The molecule has 0 radical (unpaired) electrons. The summed E-state index contributed by atoms with van der Waals surface area (Å²) >= 11 is 0. The van der Waals surface area contributed by atoms with E-state index in [1.54, 1.807) is 30.3 Å². The van der Waals surface area contributed by atoms with Gasteiger partial charge in [0.1, 0.15) is 5.76 Å². The summed E-state index contributed by atoms with van der Waals surface area (Å²) in [6.45, 7) is 1.54. The van der Waals surface area contributed by atoms with E-state index in [1.807, 2.05) is 19.1 Å². The van der Waals surface area contributed by atoms with E-state index in [9.17, 15) is 19.8 Å². The number of ether oxygens (including phenoxy) is 2. The van der Waals surface area contributed by atoms with Gasteiger partial charge in [0, 0.05) is 12.1 Å². The van der Waals surface area contributed by atoms with Crippen LogP contribution in [0.5, 0.6) is 11.5 Å². The number of hydrogen-bond donors (Lipinski definition) is 2. The van der Waals surface area contributed by atoms with Crippen LogP contribution in [0.25, 0.3) is 5.76 Å². The number of aryl methyl sites for hydroxylation is 1. The quantitative estimate of drug-likeness (QED) is 0.442. The molecule has 1 amide bonds. The number of aliphatic hydroxyl groups excluding tert-OH is 2. The normalized spacial score (nSPS) is 18.2. The summed E-state index contributed by atoms with van der Waals surface area (Å²) in [5.74, 6) is -0.906. The largest absolute Gasteiger partial charge is 0.507 e. The highest BCUT2D eigenvalue weighted by Gasteiger charge is 2.46. The molecule has 0 bridgehead atoms.